The highest BCUT2D eigenvalue weighted by molar-refractivity contribution is 7.13. The quantitative estimate of drug-likeness (QED) is 0.800. The maximum absolute atomic E-state index is 12.0. The molecule has 6 nitrogen and oxygen atoms in total. The van der Waals surface area contributed by atoms with E-state index in [1.165, 1.54) is 30.6 Å². The number of nitrogens with one attached hydrogen (secondary N) is 3. The molecule has 0 aromatic carbocycles. The van der Waals surface area contributed by atoms with Crippen LogP contribution in [0, 0.1) is 0 Å². The van der Waals surface area contributed by atoms with Crippen LogP contribution in [0.5, 0.6) is 0 Å². The van der Waals surface area contributed by atoms with Crippen molar-refractivity contribution >= 4 is 28.4 Å². The predicted octanol–water partition coefficient (Wildman–Crippen LogP) is 2.20. The van der Waals surface area contributed by atoms with Crippen molar-refractivity contribution in [1.82, 2.24) is 15.6 Å². The van der Waals surface area contributed by atoms with E-state index in [4.69, 9.17) is 0 Å². The number of carbonyl (C=O) groups excluding carboxylic acids is 2. The minimum absolute atomic E-state index is 0.100. The molecule has 0 spiro atoms. The molecule has 1 saturated carbocycles. The third kappa shape index (κ3) is 3.53. The topological polar surface area (TPSA) is 83.1 Å². The summed E-state index contributed by atoms with van der Waals surface area (Å²) in [6, 6.07) is -0.801. The maximum atomic E-state index is 12.0. The standard InChI is InChI=1S/C14H20N4O2S/c19-12-10(6-1-2-7-15-12)16-13(20)18-14-17-11(8-21-14)9-4-3-5-9/h8-10H,1-7H2,(H,15,19)(H2,16,17,18,20)/t10-/m0/s1. The van der Waals surface area contributed by atoms with Crippen LogP contribution >= 0.6 is 11.3 Å². The third-order valence-corrected chi connectivity index (χ3v) is 4.88. The van der Waals surface area contributed by atoms with Crippen LogP contribution in [0.1, 0.15) is 50.1 Å². The summed E-state index contributed by atoms with van der Waals surface area (Å²) in [6.07, 6.45) is 6.23. The van der Waals surface area contributed by atoms with E-state index in [-0.39, 0.29) is 11.9 Å². The molecule has 0 unspecified atom stereocenters. The smallest absolute Gasteiger partial charge is 0.321 e. The highest BCUT2D eigenvalue weighted by Gasteiger charge is 2.24. The lowest BCUT2D eigenvalue weighted by atomic mass is 9.83. The van der Waals surface area contributed by atoms with Crippen LogP contribution in [0.4, 0.5) is 9.93 Å². The fourth-order valence-corrected chi connectivity index (χ4v) is 3.39. The average Bonchev–Trinajstić information content (AvgIpc) is 2.72. The van der Waals surface area contributed by atoms with Gasteiger partial charge >= 0.3 is 6.03 Å². The van der Waals surface area contributed by atoms with Crippen LogP contribution in [0.15, 0.2) is 5.38 Å². The number of amides is 3. The number of thiazole rings is 1. The van der Waals surface area contributed by atoms with Gasteiger partial charge in [-0.05, 0) is 32.1 Å². The number of nitrogens with zero attached hydrogens (tertiary/aromatic N) is 1. The van der Waals surface area contributed by atoms with E-state index in [0.29, 0.717) is 24.0 Å². The van der Waals surface area contributed by atoms with E-state index in [9.17, 15) is 9.59 Å². The Labute approximate surface area is 127 Å². The Bertz CT molecular complexity index is 527. The fourth-order valence-electron chi connectivity index (χ4n) is 2.60. The van der Waals surface area contributed by atoms with Crippen LogP contribution in [-0.4, -0.2) is 29.5 Å². The molecular formula is C14H20N4O2S. The van der Waals surface area contributed by atoms with E-state index in [1.54, 1.807) is 0 Å². The van der Waals surface area contributed by atoms with E-state index < -0.39 is 6.04 Å². The van der Waals surface area contributed by atoms with Gasteiger partial charge in [0.05, 0.1) is 5.69 Å². The largest absolute Gasteiger partial charge is 0.354 e. The minimum Gasteiger partial charge on any atom is -0.354 e. The Hall–Kier alpha value is -1.63. The first-order valence-electron chi connectivity index (χ1n) is 7.53. The first-order chi connectivity index (χ1) is 10.2. The summed E-state index contributed by atoms with van der Waals surface area (Å²) in [4.78, 5) is 28.2. The first-order valence-corrected chi connectivity index (χ1v) is 8.41. The molecule has 1 aromatic heterocycles. The molecule has 3 N–H and O–H groups in total. The minimum atomic E-state index is -0.446. The van der Waals surface area contributed by atoms with Crippen molar-refractivity contribution < 1.29 is 9.59 Å². The lowest BCUT2D eigenvalue weighted by Crippen LogP contribution is -2.47. The van der Waals surface area contributed by atoms with Gasteiger partial charge in [-0.1, -0.05) is 6.42 Å². The van der Waals surface area contributed by atoms with E-state index in [1.807, 2.05) is 5.38 Å². The Morgan fingerprint density at radius 2 is 2.14 bits per heavy atom. The molecule has 3 amide bonds. The monoisotopic (exact) mass is 308 g/mol. The normalized spacial score (nSPS) is 22.9. The van der Waals surface area contributed by atoms with Crippen LogP contribution in [-0.2, 0) is 4.79 Å². The molecule has 1 saturated heterocycles. The Morgan fingerprint density at radius 1 is 1.29 bits per heavy atom. The molecule has 114 valence electrons. The van der Waals surface area contributed by atoms with Crippen LogP contribution in [0.25, 0.3) is 0 Å². The lowest BCUT2D eigenvalue weighted by Gasteiger charge is -2.22. The number of hydrogen-bond donors (Lipinski definition) is 3. The zero-order valence-electron chi connectivity index (χ0n) is 11.9. The number of aromatic nitrogens is 1. The zero-order valence-corrected chi connectivity index (χ0v) is 12.7. The molecule has 2 aliphatic rings. The fraction of sp³-hybridized carbons (Fsp3) is 0.643. The van der Waals surface area contributed by atoms with Gasteiger partial charge in [0.1, 0.15) is 6.04 Å². The SMILES string of the molecule is O=C(Nc1nc(C2CCC2)cs1)N[C@H]1CCCCNC1=O. The number of rotatable bonds is 3. The van der Waals surface area contributed by atoms with E-state index in [2.05, 4.69) is 20.9 Å². The summed E-state index contributed by atoms with van der Waals surface area (Å²) in [6.45, 7) is 0.690. The summed E-state index contributed by atoms with van der Waals surface area (Å²) in [7, 11) is 0. The lowest BCUT2D eigenvalue weighted by molar-refractivity contribution is -0.122. The number of urea groups is 1. The number of carbonyl (C=O) groups is 2. The molecule has 1 atom stereocenters. The van der Waals surface area contributed by atoms with Gasteiger partial charge in [0, 0.05) is 17.8 Å². The molecule has 21 heavy (non-hydrogen) atoms. The second-order valence-corrected chi connectivity index (χ2v) is 6.50. The summed E-state index contributed by atoms with van der Waals surface area (Å²) in [5.41, 5.74) is 1.08. The van der Waals surface area contributed by atoms with E-state index in [0.717, 1.165) is 18.5 Å². The zero-order chi connectivity index (χ0) is 14.7. The molecular weight excluding hydrogens is 288 g/mol. The molecule has 1 aliphatic heterocycles. The maximum Gasteiger partial charge on any atom is 0.321 e. The van der Waals surface area contributed by atoms with Crippen molar-refractivity contribution in [2.24, 2.45) is 0 Å². The van der Waals surface area contributed by atoms with Crippen molar-refractivity contribution in [2.45, 2.75) is 50.5 Å². The van der Waals surface area contributed by atoms with Gasteiger partial charge in [-0.3, -0.25) is 10.1 Å². The molecule has 0 radical (unpaired) electrons. The van der Waals surface area contributed by atoms with Gasteiger partial charge in [0.25, 0.3) is 0 Å². The van der Waals surface area contributed by atoms with Gasteiger partial charge in [-0.25, -0.2) is 9.78 Å². The van der Waals surface area contributed by atoms with Gasteiger partial charge in [-0.15, -0.1) is 11.3 Å². The average molecular weight is 308 g/mol. The van der Waals surface area contributed by atoms with Crippen molar-refractivity contribution in [1.29, 1.82) is 0 Å². The second-order valence-electron chi connectivity index (χ2n) is 5.64. The number of hydrogen-bond acceptors (Lipinski definition) is 4. The summed E-state index contributed by atoms with van der Waals surface area (Å²) in [5.74, 6) is 0.462. The highest BCUT2D eigenvalue weighted by atomic mass is 32.1. The summed E-state index contributed by atoms with van der Waals surface area (Å²) >= 11 is 1.44. The molecule has 2 heterocycles. The molecule has 3 rings (SSSR count). The van der Waals surface area contributed by atoms with Gasteiger partial charge < -0.3 is 10.6 Å². The molecule has 0 bridgehead atoms. The Morgan fingerprint density at radius 3 is 2.90 bits per heavy atom. The molecule has 2 fully saturated rings. The highest BCUT2D eigenvalue weighted by Crippen LogP contribution is 2.37. The number of anilines is 1. The van der Waals surface area contributed by atoms with Crippen molar-refractivity contribution in [3.8, 4) is 0 Å². The molecule has 1 aliphatic carbocycles. The van der Waals surface area contributed by atoms with Gasteiger partial charge in [0.2, 0.25) is 5.91 Å². The summed E-state index contributed by atoms with van der Waals surface area (Å²) in [5, 5.41) is 10.9. The predicted molar refractivity (Wildman–Crippen MR) is 81.5 cm³/mol. The first kappa shape index (κ1) is 14.3. The summed E-state index contributed by atoms with van der Waals surface area (Å²) < 4.78 is 0. The van der Waals surface area contributed by atoms with Crippen molar-refractivity contribution in [3.05, 3.63) is 11.1 Å². The van der Waals surface area contributed by atoms with Crippen molar-refractivity contribution in [3.63, 3.8) is 0 Å². The molecule has 1 aromatic rings. The van der Waals surface area contributed by atoms with Crippen LogP contribution < -0.4 is 16.0 Å². The van der Waals surface area contributed by atoms with Crippen molar-refractivity contribution in [2.75, 3.05) is 11.9 Å². The van der Waals surface area contributed by atoms with Gasteiger partial charge in [-0.2, -0.15) is 0 Å². The third-order valence-electron chi connectivity index (χ3n) is 4.11. The van der Waals surface area contributed by atoms with E-state index >= 15 is 0 Å². The molecule has 7 heteroatoms. The van der Waals surface area contributed by atoms with Gasteiger partial charge in [0.15, 0.2) is 5.13 Å². The van der Waals surface area contributed by atoms with Crippen LogP contribution in [0.3, 0.4) is 0 Å². The second kappa shape index (κ2) is 6.43. The Balaban J connectivity index is 1.53. The van der Waals surface area contributed by atoms with Crippen LogP contribution in [0.2, 0.25) is 0 Å². The Kier molecular flexibility index (Phi) is 4.38.